The number of aromatic hydroxyl groups is 1. The number of nitrogens with zero attached hydrogens (tertiary/aromatic N) is 1. The first kappa shape index (κ1) is 11.8. The summed E-state index contributed by atoms with van der Waals surface area (Å²) in [6, 6.07) is 2.45. The second kappa shape index (κ2) is 4.28. The first-order chi connectivity index (χ1) is 8.54. The number of hydrogen-bond acceptors (Lipinski definition) is 6. The van der Waals surface area contributed by atoms with Gasteiger partial charge in [-0.2, -0.15) is 0 Å². The Morgan fingerprint density at radius 1 is 1.44 bits per heavy atom. The summed E-state index contributed by atoms with van der Waals surface area (Å²) >= 11 is 0. The fourth-order valence-electron chi connectivity index (χ4n) is 1.57. The SMILES string of the molecule is COc1cc(O)c(C(=O)O)cc1-c1cnoc1N. The summed E-state index contributed by atoms with van der Waals surface area (Å²) in [4.78, 5) is 11.0. The summed E-state index contributed by atoms with van der Waals surface area (Å²) in [7, 11) is 1.39. The van der Waals surface area contributed by atoms with Gasteiger partial charge in [0.25, 0.3) is 0 Å². The van der Waals surface area contributed by atoms with Gasteiger partial charge in [-0.15, -0.1) is 0 Å². The molecular weight excluding hydrogens is 240 g/mol. The number of phenols is 1. The topological polar surface area (TPSA) is 119 Å². The van der Waals surface area contributed by atoms with Crippen molar-refractivity contribution in [1.82, 2.24) is 5.16 Å². The number of anilines is 1. The van der Waals surface area contributed by atoms with E-state index in [1.54, 1.807) is 0 Å². The number of ether oxygens (including phenoxy) is 1. The predicted octanol–water partition coefficient (Wildman–Crippen LogP) is 1.34. The number of carbonyl (C=O) groups is 1. The lowest BCUT2D eigenvalue weighted by Crippen LogP contribution is -1.99. The molecule has 0 radical (unpaired) electrons. The third kappa shape index (κ3) is 1.81. The van der Waals surface area contributed by atoms with E-state index in [9.17, 15) is 9.90 Å². The van der Waals surface area contributed by atoms with Crippen molar-refractivity contribution in [2.24, 2.45) is 0 Å². The Hall–Kier alpha value is -2.70. The fraction of sp³-hybridized carbons (Fsp3) is 0.0909. The van der Waals surface area contributed by atoms with Gasteiger partial charge in [0.15, 0.2) is 0 Å². The lowest BCUT2D eigenvalue weighted by atomic mass is 10.0. The van der Waals surface area contributed by atoms with Crippen molar-refractivity contribution in [3.63, 3.8) is 0 Å². The number of rotatable bonds is 3. The Morgan fingerprint density at radius 2 is 2.17 bits per heavy atom. The Bertz CT molecular complexity index is 605. The minimum absolute atomic E-state index is 0.0373. The number of aromatic nitrogens is 1. The van der Waals surface area contributed by atoms with Gasteiger partial charge in [-0.05, 0) is 6.07 Å². The van der Waals surface area contributed by atoms with Crippen LogP contribution in [0.5, 0.6) is 11.5 Å². The number of nitrogen functional groups attached to an aromatic ring is 1. The van der Waals surface area contributed by atoms with Gasteiger partial charge in [0.2, 0.25) is 5.88 Å². The molecule has 2 rings (SSSR count). The Labute approximate surface area is 101 Å². The van der Waals surface area contributed by atoms with Crippen LogP contribution >= 0.6 is 0 Å². The largest absolute Gasteiger partial charge is 0.507 e. The van der Waals surface area contributed by atoms with E-state index >= 15 is 0 Å². The molecule has 1 heterocycles. The van der Waals surface area contributed by atoms with Crippen molar-refractivity contribution in [1.29, 1.82) is 0 Å². The van der Waals surface area contributed by atoms with E-state index in [0.717, 1.165) is 0 Å². The molecule has 0 saturated heterocycles. The quantitative estimate of drug-likeness (QED) is 0.751. The van der Waals surface area contributed by atoms with Gasteiger partial charge in [-0.1, -0.05) is 5.16 Å². The number of carboxylic acids is 1. The smallest absolute Gasteiger partial charge is 0.339 e. The molecule has 4 N–H and O–H groups in total. The minimum Gasteiger partial charge on any atom is -0.507 e. The minimum atomic E-state index is -1.26. The molecule has 0 amide bonds. The predicted molar refractivity (Wildman–Crippen MR) is 61.5 cm³/mol. The Balaban J connectivity index is 2.69. The lowest BCUT2D eigenvalue weighted by Gasteiger charge is -2.09. The van der Waals surface area contributed by atoms with Gasteiger partial charge in [0.05, 0.1) is 18.9 Å². The van der Waals surface area contributed by atoms with Gasteiger partial charge in [-0.25, -0.2) is 4.79 Å². The van der Waals surface area contributed by atoms with Crippen molar-refractivity contribution >= 4 is 11.9 Å². The van der Waals surface area contributed by atoms with Crippen molar-refractivity contribution in [3.8, 4) is 22.6 Å². The van der Waals surface area contributed by atoms with E-state index in [-0.39, 0.29) is 17.2 Å². The highest BCUT2D eigenvalue weighted by Crippen LogP contribution is 2.37. The summed E-state index contributed by atoms with van der Waals surface area (Å²) in [5, 5.41) is 22.0. The molecule has 0 aliphatic heterocycles. The number of methoxy groups -OCH3 is 1. The second-order valence-corrected chi connectivity index (χ2v) is 3.48. The van der Waals surface area contributed by atoms with Crippen LogP contribution in [-0.4, -0.2) is 28.4 Å². The lowest BCUT2D eigenvalue weighted by molar-refractivity contribution is 0.0693. The van der Waals surface area contributed by atoms with E-state index in [1.807, 2.05) is 0 Å². The summed E-state index contributed by atoms with van der Waals surface area (Å²) in [6.45, 7) is 0. The van der Waals surface area contributed by atoms with Gasteiger partial charge < -0.3 is 25.2 Å². The second-order valence-electron chi connectivity index (χ2n) is 3.48. The highest BCUT2D eigenvalue weighted by Gasteiger charge is 2.19. The molecule has 0 aliphatic carbocycles. The average Bonchev–Trinajstić information content (AvgIpc) is 2.74. The van der Waals surface area contributed by atoms with Crippen LogP contribution in [0.3, 0.4) is 0 Å². The number of hydrogen-bond donors (Lipinski definition) is 3. The molecule has 0 atom stereocenters. The van der Waals surface area contributed by atoms with Crippen molar-refractivity contribution < 1.29 is 24.3 Å². The molecule has 0 fully saturated rings. The van der Waals surface area contributed by atoms with Crippen LogP contribution in [0.2, 0.25) is 0 Å². The monoisotopic (exact) mass is 250 g/mol. The van der Waals surface area contributed by atoms with Crippen LogP contribution in [0.25, 0.3) is 11.1 Å². The van der Waals surface area contributed by atoms with Gasteiger partial charge in [0, 0.05) is 11.6 Å². The third-order valence-electron chi connectivity index (χ3n) is 2.44. The molecule has 0 spiro atoms. The van der Waals surface area contributed by atoms with Crippen LogP contribution in [0.4, 0.5) is 5.88 Å². The first-order valence-corrected chi connectivity index (χ1v) is 4.89. The van der Waals surface area contributed by atoms with Crippen LogP contribution < -0.4 is 10.5 Å². The molecule has 2 aromatic rings. The number of carboxylic acid groups (broad SMARTS) is 1. The molecular formula is C11H10N2O5. The summed E-state index contributed by atoms with van der Waals surface area (Å²) in [5.74, 6) is -1.34. The molecule has 0 unspecified atom stereocenters. The zero-order valence-electron chi connectivity index (χ0n) is 9.38. The van der Waals surface area contributed by atoms with E-state index < -0.39 is 11.7 Å². The maximum Gasteiger partial charge on any atom is 0.339 e. The molecule has 0 aliphatic rings. The van der Waals surface area contributed by atoms with Crippen molar-refractivity contribution in [2.75, 3.05) is 12.8 Å². The zero-order valence-corrected chi connectivity index (χ0v) is 9.38. The fourth-order valence-corrected chi connectivity index (χ4v) is 1.57. The number of nitrogens with two attached hydrogens (primary N) is 1. The van der Waals surface area contributed by atoms with Crippen LogP contribution in [-0.2, 0) is 0 Å². The molecule has 94 valence electrons. The molecule has 1 aromatic heterocycles. The van der Waals surface area contributed by atoms with E-state index in [0.29, 0.717) is 11.1 Å². The standard InChI is InChI=1S/C11H10N2O5/c1-17-9-3-8(14)6(11(15)16)2-5(9)7-4-13-18-10(7)12/h2-4,14H,12H2,1H3,(H,15,16). The zero-order chi connectivity index (χ0) is 13.3. The van der Waals surface area contributed by atoms with Crippen LogP contribution in [0.15, 0.2) is 22.9 Å². The Morgan fingerprint density at radius 3 is 2.67 bits per heavy atom. The summed E-state index contributed by atoms with van der Waals surface area (Å²) in [5.41, 5.74) is 6.09. The molecule has 7 nitrogen and oxygen atoms in total. The highest BCUT2D eigenvalue weighted by atomic mass is 16.5. The molecule has 7 heteroatoms. The van der Waals surface area contributed by atoms with Crippen molar-refractivity contribution in [2.45, 2.75) is 0 Å². The van der Waals surface area contributed by atoms with Crippen molar-refractivity contribution in [3.05, 3.63) is 23.9 Å². The molecule has 1 aromatic carbocycles. The average molecular weight is 250 g/mol. The molecule has 0 bridgehead atoms. The van der Waals surface area contributed by atoms with Crippen LogP contribution in [0.1, 0.15) is 10.4 Å². The van der Waals surface area contributed by atoms with Crippen LogP contribution in [0, 0.1) is 0 Å². The molecule has 18 heavy (non-hydrogen) atoms. The summed E-state index contributed by atoms with van der Waals surface area (Å²) < 4.78 is 9.77. The first-order valence-electron chi connectivity index (χ1n) is 4.89. The third-order valence-corrected chi connectivity index (χ3v) is 2.44. The van der Waals surface area contributed by atoms with Gasteiger partial charge in [0.1, 0.15) is 17.1 Å². The highest BCUT2D eigenvalue weighted by molar-refractivity contribution is 5.94. The normalized spacial score (nSPS) is 10.3. The molecule has 0 saturated carbocycles. The maximum absolute atomic E-state index is 11.0. The van der Waals surface area contributed by atoms with E-state index in [4.69, 9.17) is 20.1 Å². The van der Waals surface area contributed by atoms with E-state index in [2.05, 4.69) is 5.16 Å². The van der Waals surface area contributed by atoms with Gasteiger partial charge in [-0.3, -0.25) is 0 Å². The van der Waals surface area contributed by atoms with E-state index in [1.165, 1.54) is 25.4 Å². The maximum atomic E-state index is 11.0. The number of aromatic carboxylic acids is 1. The Kier molecular flexibility index (Phi) is 2.80. The number of benzene rings is 1. The van der Waals surface area contributed by atoms with Gasteiger partial charge >= 0.3 is 5.97 Å². The summed E-state index contributed by atoms with van der Waals surface area (Å²) in [6.07, 6.45) is 1.34.